The van der Waals surface area contributed by atoms with Gasteiger partial charge >= 0.3 is 5.97 Å². The molecule has 0 aliphatic carbocycles. The van der Waals surface area contributed by atoms with E-state index in [0.717, 1.165) is 0 Å². The van der Waals surface area contributed by atoms with Crippen molar-refractivity contribution in [3.05, 3.63) is 68.3 Å². The van der Waals surface area contributed by atoms with Crippen LogP contribution < -0.4 is 4.74 Å². The maximum Gasteiger partial charge on any atom is 0.316 e. The molecule has 0 aliphatic heterocycles. The van der Waals surface area contributed by atoms with Gasteiger partial charge in [-0.1, -0.05) is 32.9 Å². The third kappa shape index (κ3) is 7.15. The zero-order valence-electron chi connectivity index (χ0n) is 18.7. The van der Waals surface area contributed by atoms with E-state index >= 15 is 0 Å². The van der Waals surface area contributed by atoms with Gasteiger partial charge in [-0.25, -0.2) is 0 Å². The van der Waals surface area contributed by atoms with Crippen molar-refractivity contribution in [2.45, 2.75) is 41.5 Å². The Bertz CT molecular complexity index is 1030. The van der Waals surface area contributed by atoms with Gasteiger partial charge in [-0.05, 0) is 32.9 Å². The summed E-state index contributed by atoms with van der Waals surface area (Å²) in [6, 6.07) is 9.37. The molecule has 10 heteroatoms. The van der Waals surface area contributed by atoms with E-state index in [1.165, 1.54) is 42.5 Å². The van der Waals surface area contributed by atoms with Crippen molar-refractivity contribution in [1.82, 2.24) is 0 Å². The number of carbonyl (C=O) groups excluding carboxylic acids is 2. The molecule has 2 aromatic rings. The fourth-order valence-corrected chi connectivity index (χ4v) is 2.21. The zero-order chi connectivity index (χ0) is 24.9. The Labute approximate surface area is 185 Å². The van der Waals surface area contributed by atoms with Gasteiger partial charge in [0.1, 0.15) is 17.1 Å². The Balaban J connectivity index is 0.000000320. The Morgan fingerprint density at radius 3 is 1.91 bits per heavy atom. The van der Waals surface area contributed by atoms with Crippen LogP contribution in [0.3, 0.4) is 0 Å². The quantitative estimate of drug-likeness (QED) is 0.225. The van der Waals surface area contributed by atoms with Crippen LogP contribution in [0.15, 0.2) is 42.5 Å². The first-order chi connectivity index (χ1) is 14.6. The number of hydrogen-bond acceptors (Lipinski definition) is 8. The van der Waals surface area contributed by atoms with Gasteiger partial charge in [-0.3, -0.25) is 29.8 Å². The lowest BCUT2D eigenvalue weighted by Gasteiger charge is -2.17. The Morgan fingerprint density at radius 1 is 0.875 bits per heavy atom. The van der Waals surface area contributed by atoms with Gasteiger partial charge in [-0.2, -0.15) is 0 Å². The van der Waals surface area contributed by atoms with Gasteiger partial charge in [0.05, 0.1) is 21.3 Å². The van der Waals surface area contributed by atoms with E-state index in [4.69, 9.17) is 4.74 Å². The summed E-state index contributed by atoms with van der Waals surface area (Å²) >= 11 is 0. The molecule has 0 saturated carbocycles. The first-order valence-electron chi connectivity index (χ1n) is 9.53. The number of phenols is 1. The predicted molar refractivity (Wildman–Crippen MR) is 117 cm³/mol. The second-order valence-corrected chi connectivity index (χ2v) is 8.90. The van der Waals surface area contributed by atoms with E-state index in [0.29, 0.717) is 0 Å². The molecule has 0 bridgehead atoms. The van der Waals surface area contributed by atoms with Crippen LogP contribution in [0.5, 0.6) is 11.5 Å². The summed E-state index contributed by atoms with van der Waals surface area (Å²) in [4.78, 5) is 43.5. The highest BCUT2D eigenvalue weighted by Crippen LogP contribution is 2.33. The first kappa shape index (κ1) is 26.2. The number of nitro groups is 2. The number of ether oxygens (including phenoxy) is 1. The number of ketones is 1. The number of hydrogen-bond donors (Lipinski definition) is 1. The Hall–Kier alpha value is -3.82. The number of esters is 1. The monoisotopic (exact) mass is 446 g/mol. The summed E-state index contributed by atoms with van der Waals surface area (Å²) in [6.07, 6.45) is 0. The van der Waals surface area contributed by atoms with Crippen LogP contribution in [0.4, 0.5) is 11.4 Å². The van der Waals surface area contributed by atoms with Gasteiger partial charge in [0.25, 0.3) is 11.4 Å². The van der Waals surface area contributed by atoms with Crippen molar-refractivity contribution in [2.24, 2.45) is 10.8 Å². The molecule has 0 aliphatic rings. The molecular formula is C22H26N2O8. The van der Waals surface area contributed by atoms with E-state index in [1.807, 2.05) is 0 Å². The number of rotatable bonds is 4. The van der Waals surface area contributed by atoms with Crippen molar-refractivity contribution < 1.29 is 29.3 Å². The van der Waals surface area contributed by atoms with Crippen LogP contribution in [0.25, 0.3) is 0 Å². The standard InChI is InChI=1S/2C11H13NO4/c1-11(2,3)10(13)16-9-6-4-5-8(7-9)12(14)15;1-11(2,3)10(14)9-7(12(15)16)5-4-6-8(9)13/h4-7H,1-3H3;4-6,13H,1-3H3. The highest BCUT2D eigenvalue weighted by Gasteiger charge is 2.32. The SMILES string of the molecule is CC(C)(C)C(=O)Oc1cccc([N+](=O)[O-])c1.CC(C)(C)C(=O)c1c(O)cccc1[N+](=O)[O-]. The van der Waals surface area contributed by atoms with Crippen molar-refractivity contribution >= 4 is 23.1 Å². The molecule has 32 heavy (non-hydrogen) atoms. The van der Waals surface area contributed by atoms with Crippen molar-refractivity contribution in [3.8, 4) is 11.5 Å². The average Bonchev–Trinajstić information content (AvgIpc) is 2.66. The Kier molecular flexibility index (Phi) is 8.19. The van der Waals surface area contributed by atoms with E-state index < -0.39 is 32.4 Å². The van der Waals surface area contributed by atoms with Crippen molar-refractivity contribution in [1.29, 1.82) is 0 Å². The predicted octanol–water partition coefficient (Wildman–Crippen LogP) is 5.08. The molecule has 0 amide bonds. The van der Waals surface area contributed by atoms with E-state index in [9.17, 15) is 34.9 Å². The molecule has 0 radical (unpaired) electrons. The number of Topliss-reactive ketones (excluding diaryl/α,β-unsaturated/α-hetero) is 1. The van der Waals surface area contributed by atoms with Crippen LogP contribution in [-0.2, 0) is 4.79 Å². The first-order valence-corrected chi connectivity index (χ1v) is 9.53. The second kappa shape index (κ2) is 9.99. The fourth-order valence-electron chi connectivity index (χ4n) is 2.21. The largest absolute Gasteiger partial charge is 0.507 e. The maximum absolute atomic E-state index is 11.9. The number of nitrogens with zero attached hydrogens (tertiary/aromatic N) is 2. The summed E-state index contributed by atoms with van der Waals surface area (Å²) in [6.45, 7) is 10.1. The van der Waals surface area contributed by atoms with Gasteiger partial charge in [-0.15, -0.1) is 0 Å². The lowest BCUT2D eigenvalue weighted by atomic mass is 9.85. The lowest BCUT2D eigenvalue weighted by molar-refractivity contribution is -0.385. The van der Waals surface area contributed by atoms with Gasteiger partial charge in [0.15, 0.2) is 5.78 Å². The molecule has 0 spiro atoms. The summed E-state index contributed by atoms with van der Waals surface area (Å²) in [5, 5.41) is 30.8. The average molecular weight is 446 g/mol. The molecule has 0 saturated heterocycles. The van der Waals surface area contributed by atoms with Crippen LogP contribution >= 0.6 is 0 Å². The normalized spacial score (nSPS) is 11.1. The number of non-ortho nitro benzene ring substituents is 1. The highest BCUT2D eigenvalue weighted by atomic mass is 16.6. The number of benzene rings is 2. The molecule has 1 N–H and O–H groups in total. The molecule has 2 aromatic carbocycles. The van der Waals surface area contributed by atoms with Gasteiger partial charge < -0.3 is 9.84 Å². The van der Waals surface area contributed by atoms with Gasteiger partial charge in [0.2, 0.25) is 0 Å². The molecule has 0 fully saturated rings. The van der Waals surface area contributed by atoms with E-state index in [2.05, 4.69) is 0 Å². The van der Waals surface area contributed by atoms with Crippen LogP contribution in [-0.4, -0.2) is 26.7 Å². The molecule has 0 heterocycles. The van der Waals surface area contributed by atoms with Crippen molar-refractivity contribution in [2.75, 3.05) is 0 Å². The minimum Gasteiger partial charge on any atom is -0.507 e. The summed E-state index contributed by atoms with van der Waals surface area (Å²) in [5.74, 6) is -1.03. The topological polar surface area (TPSA) is 150 Å². The molecule has 10 nitrogen and oxygen atoms in total. The molecule has 0 atom stereocenters. The Morgan fingerprint density at radius 2 is 1.44 bits per heavy atom. The minimum atomic E-state index is -0.774. The smallest absolute Gasteiger partial charge is 0.316 e. The van der Waals surface area contributed by atoms with Crippen LogP contribution in [0.1, 0.15) is 51.9 Å². The van der Waals surface area contributed by atoms with E-state index in [1.54, 1.807) is 41.5 Å². The third-order valence-electron chi connectivity index (χ3n) is 3.98. The highest BCUT2D eigenvalue weighted by molar-refractivity contribution is 6.05. The second-order valence-electron chi connectivity index (χ2n) is 8.90. The fraction of sp³-hybridized carbons (Fsp3) is 0.364. The van der Waals surface area contributed by atoms with E-state index in [-0.39, 0.29) is 28.4 Å². The minimum absolute atomic E-state index is 0.0980. The van der Waals surface area contributed by atoms with Crippen LogP contribution in [0, 0.1) is 31.1 Å². The lowest BCUT2D eigenvalue weighted by Crippen LogP contribution is -2.25. The molecule has 0 aromatic heterocycles. The number of nitro benzene ring substituents is 2. The molecule has 0 unspecified atom stereocenters. The number of carbonyl (C=O) groups is 2. The molecule has 172 valence electrons. The molecular weight excluding hydrogens is 420 g/mol. The number of phenolic OH excluding ortho intramolecular Hbond substituents is 1. The zero-order valence-corrected chi connectivity index (χ0v) is 18.7. The summed E-state index contributed by atoms with van der Waals surface area (Å²) in [5.41, 5.74) is -2.09. The summed E-state index contributed by atoms with van der Waals surface area (Å²) in [7, 11) is 0. The third-order valence-corrected chi connectivity index (χ3v) is 3.98. The summed E-state index contributed by atoms with van der Waals surface area (Å²) < 4.78 is 5.03. The molecule has 2 rings (SSSR count). The van der Waals surface area contributed by atoms with Crippen LogP contribution in [0.2, 0.25) is 0 Å². The number of aromatic hydroxyl groups is 1. The maximum atomic E-state index is 11.9. The van der Waals surface area contributed by atoms with Crippen molar-refractivity contribution in [3.63, 3.8) is 0 Å². The van der Waals surface area contributed by atoms with Gasteiger partial charge in [0, 0.05) is 17.5 Å².